The number of nitrogens with zero attached hydrogens (tertiary/aromatic N) is 4. The molecule has 0 saturated heterocycles. The van der Waals surface area contributed by atoms with Crippen molar-refractivity contribution in [3.63, 3.8) is 0 Å². The molecule has 0 radical (unpaired) electrons. The lowest BCUT2D eigenvalue weighted by Crippen LogP contribution is -2.23. The smallest absolute Gasteiger partial charge is 0.163 e. The first-order valence-corrected chi connectivity index (χ1v) is 23.0. The molecule has 8 atom stereocenters. The van der Waals surface area contributed by atoms with Crippen molar-refractivity contribution in [2.75, 3.05) is 0 Å². The Bertz CT molecular complexity index is 2220. The molecular weight excluding hydrogens is 705 g/mol. The molecule has 0 spiro atoms. The predicted octanol–water partition coefficient (Wildman–Crippen LogP) is 13.6. The third kappa shape index (κ3) is 8.01. The van der Waals surface area contributed by atoms with Gasteiger partial charge < -0.3 is 0 Å². The summed E-state index contributed by atoms with van der Waals surface area (Å²) in [5, 5.41) is 0. The highest BCUT2D eigenvalue weighted by molar-refractivity contribution is 5.74. The largest absolute Gasteiger partial charge is 0.252 e. The van der Waals surface area contributed by atoms with Gasteiger partial charge in [0.05, 0.1) is 5.69 Å². The van der Waals surface area contributed by atoms with E-state index in [2.05, 4.69) is 122 Å². The highest BCUT2D eigenvalue weighted by Gasteiger charge is 2.33. The minimum Gasteiger partial charge on any atom is -0.252 e. The molecule has 2 aromatic heterocycles. The van der Waals surface area contributed by atoms with Gasteiger partial charge in [0, 0.05) is 34.9 Å². The van der Waals surface area contributed by atoms with E-state index in [1.54, 1.807) is 0 Å². The van der Waals surface area contributed by atoms with Crippen LogP contribution in [0.5, 0.6) is 0 Å². The molecule has 0 aromatic carbocycles. The van der Waals surface area contributed by atoms with Crippen molar-refractivity contribution >= 4 is 16.7 Å². The zero-order valence-electron chi connectivity index (χ0n) is 34.3. The summed E-state index contributed by atoms with van der Waals surface area (Å²) in [6, 6.07) is 4.77. The van der Waals surface area contributed by atoms with Gasteiger partial charge in [-0.1, -0.05) is 115 Å². The van der Waals surface area contributed by atoms with Crippen LogP contribution >= 0.6 is 0 Å². The average Bonchev–Trinajstić information content (AvgIpc) is 3.32. The van der Waals surface area contributed by atoms with E-state index in [0.717, 1.165) is 55.2 Å². The van der Waals surface area contributed by atoms with Crippen LogP contribution in [0.2, 0.25) is 0 Å². The molecule has 8 unspecified atom stereocenters. The van der Waals surface area contributed by atoms with Gasteiger partial charge in [-0.05, 0) is 155 Å². The van der Waals surface area contributed by atoms with E-state index in [-0.39, 0.29) is 11.8 Å². The molecule has 8 aliphatic carbocycles. The van der Waals surface area contributed by atoms with Crippen LogP contribution in [-0.2, 0) is 0 Å². The minimum absolute atomic E-state index is 0.133. The predicted molar refractivity (Wildman–Crippen MR) is 240 cm³/mol. The molecule has 0 N–H and O–H groups in total. The van der Waals surface area contributed by atoms with Crippen molar-refractivity contribution in [2.45, 2.75) is 120 Å². The number of allylic oxidation sites excluding steroid dienone is 22. The van der Waals surface area contributed by atoms with Gasteiger partial charge in [0.2, 0.25) is 0 Å². The number of fused-ring (bicyclic) bond motifs is 1. The standard InChI is InChI=1S/C54H60N4/c1-4-14-37(15-5-1)39-26-30-43(31-27-39)52-56-53(44-32-28-40(29-33-44)38-16-6-2-7-17-38)58-54(57-52)46-23-12-22-45(36-46)48-34-35-50(42-19-8-3-9-20-42)55-51(48)49-25-13-21-41-18-10-11-24-47(41)49/h4,6,8,10,12,14,16,18-19,22-23,25-28,30,32-35,37-38,40-43,45,47H,1-3,5,7,9,11,13,15,17,20-21,24,29,31,36H2. The number of hydrogen-bond acceptors (Lipinski definition) is 4. The fourth-order valence-corrected chi connectivity index (χ4v) is 11.1. The Kier molecular flexibility index (Phi) is 11.2. The minimum atomic E-state index is 0.133. The Morgan fingerprint density at radius 3 is 2.10 bits per heavy atom. The van der Waals surface area contributed by atoms with Gasteiger partial charge in [-0.15, -0.1) is 0 Å². The van der Waals surface area contributed by atoms with Crippen LogP contribution in [0.1, 0.15) is 155 Å². The summed E-state index contributed by atoms with van der Waals surface area (Å²) in [7, 11) is 0. The number of rotatable bonds is 8. The summed E-state index contributed by atoms with van der Waals surface area (Å²) >= 11 is 0. The summed E-state index contributed by atoms with van der Waals surface area (Å²) < 4.78 is 0. The average molecular weight is 765 g/mol. The molecule has 8 aliphatic rings. The third-order valence-electron chi connectivity index (χ3n) is 14.5. The molecule has 0 amide bonds. The summed E-state index contributed by atoms with van der Waals surface area (Å²) in [6.45, 7) is 0. The molecule has 2 heterocycles. The molecule has 58 heavy (non-hydrogen) atoms. The monoisotopic (exact) mass is 764 g/mol. The molecule has 4 heteroatoms. The van der Waals surface area contributed by atoms with Crippen molar-refractivity contribution in [3.05, 3.63) is 161 Å². The molecular formula is C54H60N4. The van der Waals surface area contributed by atoms with Gasteiger partial charge in [0.25, 0.3) is 0 Å². The van der Waals surface area contributed by atoms with Crippen molar-refractivity contribution in [1.29, 1.82) is 0 Å². The van der Waals surface area contributed by atoms with Gasteiger partial charge in [0.15, 0.2) is 11.6 Å². The van der Waals surface area contributed by atoms with Crippen molar-refractivity contribution in [3.8, 4) is 0 Å². The fourth-order valence-electron chi connectivity index (χ4n) is 11.1. The van der Waals surface area contributed by atoms with Crippen LogP contribution in [-0.4, -0.2) is 19.9 Å². The topological polar surface area (TPSA) is 51.6 Å². The van der Waals surface area contributed by atoms with Gasteiger partial charge in [-0.25, -0.2) is 15.0 Å². The second-order valence-corrected chi connectivity index (χ2v) is 18.2. The zero-order chi connectivity index (χ0) is 38.7. The Balaban J connectivity index is 0.975. The normalized spacial score (nSPS) is 31.7. The van der Waals surface area contributed by atoms with E-state index >= 15 is 0 Å². The zero-order valence-corrected chi connectivity index (χ0v) is 34.3. The first-order chi connectivity index (χ1) is 28.7. The SMILES string of the molecule is C1=CC(c2ccc(C3C=CCCC3)nc2C2=CCCC3C=CCCC23)CC(c2nc(C3=CCC(C4C=CCCC4)C=C3)nc(C3C=CC(C4C=CCCC4)=CC3)n2)=C1. The fraction of sp³-hybridized carbons (Fsp3) is 0.444. The van der Waals surface area contributed by atoms with Crippen molar-refractivity contribution < 1.29 is 0 Å². The molecule has 0 saturated carbocycles. The maximum atomic E-state index is 5.64. The van der Waals surface area contributed by atoms with Gasteiger partial charge in [0.1, 0.15) is 5.82 Å². The highest BCUT2D eigenvalue weighted by atomic mass is 15.0. The summed E-state index contributed by atoms with van der Waals surface area (Å²) in [6.07, 6.45) is 61.7. The maximum absolute atomic E-state index is 5.64. The van der Waals surface area contributed by atoms with Crippen LogP contribution in [0.3, 0.4) is 0 Å². The van der Waals surface area contributed by atoms with Crippen LogP contribution in [0, 0.1) is 29.6 Å². The van der Waals surface area contributed by atoms with E-state index in [1.807, 2.05) is 0 Å². The summed E-state index contributed by atoms with van der Waals surface area (Å²) in [4.78, 5) is 21.6. The molecule has 0 fully saturated rings. The Morgan fingerprint density at radius 2 is 1.33 bits per heavy atom. The van der Waals surface area contributed by atoms with Crippen molar-refractivity contribution in [1.82, 2.24) is 19.9 Å². The number of pyridine rings is 1. The van der Waals surface area contributed by atoms with Crippen LogP contribution in [0.15, 0.2) is 127 Å². The Labute approximate surface area is 347 Å². The number of hydrogen-bond donors (Lipinski definition) is 0. The quantitative estimate of drug-likeness (QED) is 0.251. The summed E-state index contributed by atoms with van der Waals surface area (Å²) in [5.41, 5.74) is 9.09. The molecule has 0 aliphatic heterocycles. The molecule has 4 nitrogen and oxygen atoms in total. The lowest BCUT2D eigenvalue weighted by atomic mass is 9.71. The van der Waals surface area contributed by atoms with E-state index in [4.69, 9.17) is 19.9 Å². The molecule has 296 valence electrons. The second-order valence-electron chi connectivity index (χ2n) is 18.2. The molecule has 2 aromatic rings. The maximum Gasteiger partial charge on any atom is 0.163 e. The summed E-state index contributed by atoms with van der Waals surface area (Å²) in [5.74, 6) is 6.16. The van der Waals surface area contributed by atoms with Crippen molar-refractivity contribution in [2.24, 2.45) is 29.6 Å². The molecule has 0 bridgehead atoms. The Morgan fingerprint density at radius 1 is 0.517 bits per heavy atom. The van der Waals surface area contributed by atoms with E-state index in [1.165, 1.54) is 104 Å². The lowest BCUT2D eigenvalue weighted by molar-refractivity contribution is 0.403. The third-order valence-corrected chi connectivity index (χ3v) is 14.5. The molecule has 10 rings (SSSR count). The Hall–Kier alpha value is -4.70. The lowest BCUT2D eigenvalue weighted by Gasteiger charge is -2.35. The van der Waals surface area contributed by atoms with Crippen LogP contribution in [0.4, 0.5) is 0 Å². The van der Waals surface area contributed by atoms with E-state index in [0.29, 0.717) is 35.5 Å². The van der Waals surface area contributed by atoms with Crippen LogP contribution in [0.25, 0.3) is 16.7 Å². The first-order valence-electron chi connectivity index (χ1n) is 23.0. The van der Waals surface area contributed by atoms with E-state index in [9.17, 15) is 0 Å². The highest BCUT2D eigenvalue weighted by Crippen LogP contribution is 2.46. The van der Waals surface area contributed by atoms with Gasteiger partial charge in [-0.2, -0.15) is 0 Å². The van der Waals surface area contributed by atoms with Crippen LogP contribution < -0.4 is 0 Å². The first kappa shape index (κ1) is 37.6. The number of aromatic nitrogens is 4. The van der Waals surface area contributed by atoms with Gasteiger partial charge in [-0.3, -0.25) is 4.98 Å². The van der Waals surface area contributed by atoms with E-state index < -0.39 is 0 Å². The van der Waals surface area contributed by atoms with Gasteiger partial charge >= 0.3 is 0 Å². The second kappa shape index (κ2) is 17.3.